The van der Waals surface area contributed by atoms with Crippen LogP contribution in [0.5, 0.6) is 0 Å². The molecule has 43 heavy (non-hydrogen) atoms. The first-order valence-electron chi connectivity index (χ1n) is 20.9. The van der Waals surface area contributed by atoms with Gasteiger partial charge in [-0.3, -0.25) is 0 Å². The predicted molar refractivity (Wildman–Crippen MR) is 230 cm³/mol. The summed E-state index contributed by atoms with van der Waals surface area (Å²) in [6.45, 7) is 65.9. The van der Waals surface area contributed by atoms with E-state index in [1.807, 2.05) is 152 Å². The minimum Gasteiger partial charge on any atom is -0.0683 e. The van der Waals surface area contributed by atoms with Gasteiger partial charge in [-0.1, -0.05) is 279 Å². The van der Waals surface area contributed by atoms with Crippen LogP contribution in [0, 0.1) is 11.8 Å². The molecule has 0 radical (unpaired) electrons. The van der Waals surface area contributed by atoms with Crippen LogP contribution >= 0.6 is 0 Å². The Bertz CT molecular complexity index is 102. The van der Waals surface area contributed by atoms with E-state index in [0.29, 0.717) is 0 Å². The molecule has 0 spiro atoms. The maximum atomic E-state index is 2.34. The van der Waals surface area contributed by atoms with Gasteiger partial charge in [0, 0.05) is 0 Å². The largest absolute Gasteiger partial charge is 0.0683 e. The summed E-state index contributed by atoms with van der Waals surface area (Å²) in [5, 5.41) is 0. The number of hydrogen-bond acceptors (Lipinski definition) is 0. The van der Waals surface area contributed by atoms with Gasteiger partial charge in [-0.25, -0.2) is 0 Å². The molecule has 0 saturated heterocycles. The van der Waals surface area contributed by atoms with Crippen LogP contribution in [-0.4, -0.2) is 0 Å². The zero-order valence-electron chi connectivity index (χ0n) is 39.5. The van der Waals surface area contributed by atoms with Crippen LogP contribution in [0.25, 0.3) is 0 Å². The van der Waals surface area contributed by atoms with Crippen molar-refractivity contribution in [2.75, 3.05) is 0 Å². The Morgan fingerprint density at radius 3 is 0.488 bits per heavy atom. The first-order chi connectivity index (χ1) is 20.9. The summed E-state index contributed by atoms with van der Waals surface area (Å²) in [5.74, 6) is 2.05. The smallest absolute Gasteiger partial charge is 0.0443 e. The van der Waals surface area contributed by atoms with Gasteiger partial charge in [0.2, 0.25) is 0 Å². The van der Waals surface area contributed by atoms with E-state index in [4.69, 9.17) is 0 Å². The minimum absolute atomic E-state index is 0.963. The molecule has 1 saturated carbocycles. The van der Waals surface area contributed by atoms with Crippen molar-refractivity contribution < 1.29 is 0 Å². The maximum absolute atomic E-state index is 2.34. The van der Waals surface area contributed by atoms with E-state index in [1.165, 1.54) is 57.8 Å². The van der Waals surface area contributed by atoms with Gasteiger partial charge in [-0.05, 0) is 11.8 Å². The molecule has 0 heteroatoms. The highest BCUT2D eigenvalue weighted by Gasteiger charge is 2.12. The third-order valence-corrected chi connectivity index (χ3v) is 2.43. The molecule has 288 valence electrons. The van der Waals surface area contributed by atoms with Crippen molar-refractivity contribution in [3.63, 3.8) is 0 Å². The molecule has 0 aromatic rings. The molecule has 0 bridgehead atoms. The highest BCUT2D eigenvalue weighted by Crippen LogP contribution is 2.26. The molecule has 0 aromatic carbocycles. The lowest BCUT2D eigenvalue weighted by Gasteiger charge is -2.05. The van der Waals surface area contributed by atoms with Crippen molar-refractivity contribution in [2.45, 2.75) is 279 Å². The van der Waals surface area contributed by atoms with Crippen molar-refractivity contribution in [2.24, 2.45) is 11.8 Å². The standard InChI is InChI=1S/C8H18.C4H8.3C3H8.11C2H6/c1-4-6-8(3)7-5-2;1-4-2-3-4;3*1-3-2;11*1-2/h8H,4-7H2,1-3H3;4H,2-3H2,1H3;3*3H2,1-2H3;11*1-2H3. The van der Waals surface area contributed by atoms with Crippen LogP contribution in [0.3, 0.4) is 0 Å². The molecule has 0 atom stereocenters. The zero-order chi connectivity index (χ0) is 39.5. The number of rotatable bonds is 4. The van der Waals surface area contributed by atoms with Gasteiger partial charge >= 0.3 is 0 Å². The van der Waals surface area contributed by atoms with Gasteiger partial charge < -0.3 is 0 Å². The van der Waals surface area contributed by atoms with Crippen LogP contribution in [-0.2, 0) is 0 Å². The summed E-state index contributed by atoms with van der Waals surface area (Å²) in [7, 11) is 0. The Hall–Kier alpha value is 0. The summed E-state index contributed by atoms with van der Waals surface area (Å²) < 4.78 is 0. The summed E-state index contributed by atoms with van der Waals surface area (Å²) in [5.41, 5.74) is 0. The van der Waals surface area contributed by atoms with Gasteiger partial charge in [0.05, 0.1) is 0 Å². The van der Waals surface area contributed by atoms with E-state index in [-0.39, 0.29) is 0 Å². The van der Waals surface area contributed by atoms with Gasteiger partial charge in [0.15, 0.2) is 0 Å². The Balaban J connectivity index is -0.0000000155. The third kappa shape index (κ3) is 830. The molecule has 0 nitrogen and oxygen atoms in total. The quantitative estimate of drug-likeness (QED) is 0.289. The first-order valence-corrected chi connectivity index (χ1v) is 20.9. The Morgan fingerprint density at radius 1 is 0.349 bits per heavy atom. The van der Waals surface area contributed by atoms with E-state index in [2.05, 4.69) is 69.2 Å². The minimum atomic E-state index is 0.963. The second-order valence-electron chi connectivity index (χ2n) is 6.49. The van der Waals surface area contributed by atoms with Crippen LogP contribution in [0.15, 0.2) is 0 Å². The summed E-state index contributed by atoms with van der Waals surface area (Å²) in [6.07, 6.45) is 12.2. The molecule has 0 amide bonds. The van der Waals surface area contributed by atoms with E-state index >= 15 is 0 Å². The average Bonchev–Trinajstić information content (AvgIpc) is 3.91. The van der Waals surface area contributed by atoms with Gasteiger partial charge in [-0.15, -0.1) is 0 Å². The summed E-state index contributed by atoms with van der Waals surface area (Å²) >= 11 is 0. The Labute approximate surface area is 290 Å². The van der Waals surface area contributed by atoms with Crippen molar-refractivity contribution in [1.82, 2.24) is 0 Å². The van der Waals surface area contributed by atoms with Crippen molar-refractivity contribution in [3.05, 3.63) is 0 Å². The number of hydrogen-bond donors (Lipinski definition) is 0. The molecule has 1 aliphatic carbocycles. The van der Waals surface area contributed by atoms with Gasteiger partial charge in [0.25, 0.3) is 0 Å². The predicted octanol–water partition coefficient (Wildman–Crippen LogP) is 20.2. The summed E-state index contributed by atoms with van der Waals surface area (Å²) in [6, 6.07) is 0. The lowest BCUT2D eigenvalue weighted by atomic mass is 10.0. The monoisotopic (exact) mass is 633 g/mol. The van der Waals surface area contributed by atoms with Crippen LogP contribution in [0.2, 0.25) is 0 Å². The second kappa shape index (κ2) is 314. The molecular weight excluding hydrogens is 516 g/mol. The van der Waals surface area contributed by atoms with E-state index in [9.17, 15) is 0 Å². The van der Waals surface area contributed by atoms with Crippen molar-refractivity contribution in [3.8, 4) is 0 Å². The highest BCUT2D eigenvalue weighted by molar-refractivity contribution is 4.65. The Morgan fingerprint density at radius 2 is 0.442 bits per heavy atom. The topological polar surface area (TPSA) is 0 Å². The molecule has 0 unspecified atom stereocenters. The Kier molecular flexibility index (Phi) is 706. The SMILES string of the molecule is CC.CC.CC.CC.CC.CC.CC.CC.CC.CC.CC.CC1CC1.CCC.CCC.CCC.CCCC(C)CCC. The molecule has 0 N–H and O–H groups in total. The fourth-order valence-corrected chi connectivity index (χ4v) is 1.30. The van der Waals surface area contributed by atoms with E-state index in [1.54, 1.807) is 0 Å². The molecule has 0 aromatic heterocycles. The normalized spacial score (nSPS) is 7.19. The van der Waals surface area contributed by atoms with E-state index < -0.39 is 0 Å². The molecule has 1 aliphatic rings. The maximum Gasteiger partial charge on any atom is -0.0443 e. The lowest BCUT2D eigenvalue weighted by Crippen LogP contribution is -1.91. The first kappa shape index (κ1) is 96.8. The molecule has 1 rings (SSSR count). The van der Waals surface area contributed by atoms with E-state index in [0.717, 1.165) is 11.8 Å². The molecule has 1 fully saturated rings. The lowest BCUT2D eigenvalue weighted by molar-refractivity contribution is 0.480. The molecule has 0 aliphatic heterocycles. The third-order valence-electron chi connectivity index (χ3n) is 2.43. The van der Waals surface area contributed by atoms with Crippen LogP contribution in [0.1, 0.15) is 279 Å². The van der Waals surface area contributed by atoms with Gasteiger partial charge in [-0.2, -0.15) is 0 Å². The average molecular weight is 633 g/mol. The fraction of sp³-hybridized carbons (Fsp3) is 1.00. The fourth-order valence-electron chi connectivity index (χ4n) is 1.30. The van der Waals surface area contributed by atoms with Crippen molar-refractivity contribution >= 4 is 0 Å². The molecule has 0 heterocycles. The van der Waals surface area contributed by atoms with Crippen LogP contribution in [0.4, 0.5) is 0 Å². The summed E-state index contributed by atoms with van der Waals surface area (Å²) in [4.78, 5) is 0. The second-order valence-corrected chi connectivity index (χ2v) is 6.49. The van der Waals surface area contributed by atoms with Crippen molar-refractivity contribution in [1.29, 1.82) is 0 Å². The molecular formula is C43H116. The highest BCUT2D eigenvalue weighted by atomic mass is 14.2. The van der Waals surface area contributed by atoms with Gasteiger partial charge in [0.1, 0.15) is 0 Å². The van der Waals surface area contributed by atoms with Crippen LogP contribution < -0.4 is 0 Å². The zero-order valence-corrected chi connectivity index (χ0v) is 39.5.